The first-order chi connectivity index (χ1) is 9.47. The highest BCUT2D eigenvalue weighted by molar-refractivity contribution is 5.80. The summed E-state index contributed by atoms with van der Waals surface area (Å²) in [5.74, 6) is -0.0585. The van der Waals surface area contributed by atoms with Crippen LogP contribution in [-0.4, -0.2) is 38.2 Å². The molecule has 6 nitrogen and oxygen atoms in total. The second-order valence-electron chi connectivity index (χ2n) is 4.35. The number of amides is 1. The van der Waals surface area contributed by atoms with E-state index in [0.717, 1.165) is 5.56 Å². The monoisotopic (exact) mass is 280 g/mol. The average Bonchev–Trinajstić information content (AvgIpc) is 2.47. The zero-order chi connectivity index (χ0) is 15.1. The van der Waals surface area contributed by atoms with Crippen molar-refractivity contribution in [1.82, 2.24) is 5.32 Å². The van der Waals surface area contributed by atoms with Crippen LogP contribution in [0.15, 0.2) is 24.3 Å². The van der Waals surface area contributed by atoms with E-state index in [9.17, 15) is 9.59 Å². The van der Waals surface area contributed by atoms with Gasteiger partial charge >= 0.3 is 5.97 Å². The Labute approximate surface area is 118 Å². The summed E-state index contributed by atoms with van der Waals surface area (Å²) in [5.41, 5.74) is 6.57. The van der Waals surface area contributed by atoms with Gasteiger partial charge in [-0.15, -0.1) is 0 Å². The average molecular weight is 280 g/mol. The number of benzene rings is 1. The van der Waals surface area contributed by atoms with Crippen LogP contribution in [-0.2, 0) is 20.7 Å². The van der Waals surface area contributed by atoms with E-state index in [1.165, 1.54) is 7.11 Å². The zero-order valence-electron chi connectivity index (χ0n) is 11.9. The van der Waals surface area contributed by atoms with Crippen LogP contribution in [0.3, 0.4) is 0 Å². The van der Waals surface area contributed by atoms with Gasteiger partial charge in [0, 0.05) is 7.05 Å². The largest absolute Gasteiger partial charge is 0.481 e. The molecule has 0 saturated heterocycles. The van der Waals surface area contributed by atoms with Crippen LogP contribution < -0.4 is 15.8 Å². The Morgan fingerprint density at radius 2 is 1.90 bits per heavy atom. The number of ether oxygens (including phenoxy) is 2. The molecule has 20 heavy (non-hydrogen) atoms. The summed E-state index contributed by atoms with van der Waals surface area (Å²) in [6.07, 6.45) is -0.180. The molecule has 0 saturated carbocycles. The summed E-state index contributed by atoms with van der Waals surface area (Å²) in [7, 11) is 2.86. The van der Waals surface area contributed by atoms with Gasteiger partial charge in [0.15, 0.2) is 6.10 Å². The van der Waals surface area contributed by atoms with Gasteiger partial charge in [-0.05, 0) is 31.0 Å². The molecule has 0 aromatic heterocycles. The number of nitrogens with one attached hydrogen (secondary N) is 1. The predicted molar refractivity (Wildman–Crippen MR) is 74.3 cm³/mol. The Balaban J connectivity index is 2.60. The Kier molecular flexibility index (Phi) is 5.99. The number of carbonyl (C=O) groups is 2. The van der Waals surface area contributed by atoms with E-state index < -0.39 is 18.1 Å². The quantitative estimate of drug-likeness (QED) is 0.729. The minimum absolute atomic E-state index is 0.193. The lowest BCUT2D eigenvalue weighted by molar-refractivity contribution is -0.142. The molecule has 1 aromatic rings. The van der Waals surface area contributed by atoms with Crippen LogP contribution in [0.4, 0.5) is 0 Å². The molecule has 2 atom stereocenters. The maximum atomic E-state index is 11.3. The van der Waals surface area contributed by atoms with E-state index in [4.69, 9.17) is 10.5 Å². The first kappa shape index (κ1) is 16.0. The highest BCUT2D eigenvalue weighted by Crippen LogP contribution is 2.15. The molecule has 0 aliphatic rings. The van der Waals surface area contributed by atoms with Crippen molar-refractivity contribution in [2.45, 2.75) is 25.5 Å². The first-order valence-corrected chi connectivity index (χ1v) is 6.28. The Hall–Kier alpha value is -2.08. The number of nitrogens with two attached hydrogens (primary N) is 1. The van der Waals surface area contributed by atoms with Gasteiger partial charge in [0.2, 0.25) is 0 Å². The first-order valence-electron chi connectivity index (χ1n) is 6.28. The summed E-state index contributed by atoms with van der Waals surface area (Å²) < 4.78 is 10.0. The Morgan fingerprint density at radius 3 is 2.40 bits per heavy atom. The van der Waals surface area contributed by atoms with Gasteiger partial charge in [-0.1, -0.05) is 12.1 Å². The van der Waals surface area contributed by atoms with Crippen molar-refractivity contribution in [3.05, 3.63) is 29.8 Å². The third-order valence-electron chi connectivity index (χ3n) is 2.81. The standard InChI is InChI=1S/C14H20N2O4/c1-9(13(17)16-2)20-11-6-4-10(5-7-11)8-12(15)14(18)19-3/h4-7,9,12H,8,15H2,1-3H3,(H,16,17). The summed E-state index contributed by atoms with van der Waals surface area (Å²) in [4.78, 5) is 22.6. The van der Waals surface area contributed by atoms with Gasteiger partial charge in [0.25, 0.3) is 5.91 Å². The topological polar surface area (TPSA) is 90.6 Å². The van der Waals surface area contributed by atoms with E-state index in [1.807, 2.05) is 0 Å². The maximum absolute atomic E-state index is 11.3. The van der Waals surface area contributed by atoms with Crippen LogP contribution in [0.5, 0.6) is 5.75 Å². The van der Waals surface area contributed by atoms with E-state index in [0.29, 0.717) is 12.2 Å². The smallest absolute Gasteiger partial charge is 0.322 e. The molecular weight excluding hydrogens is 260 g/mol. The maximum Gasteiger partial charge on any atom is 0.322 e. The van der Waals surface area contributed by atoms with Gasteiger partial charge < -0.3 is 20.5 Å². The number of carbonyl (C=O) groups excluding carboxylic acids is 2. The number of esters is 1. The summed E-state index contributed by atoms with van der Waals surface area (Å²) in [6.45, 7) is 1.67. The third kappa shape index (κ3) is 4.55. The second kappa shape index (κ2) is 7.49. The van der Waals surface area contributed by atoms with E-state index in [-0.39, 0.29) is 5.91 Å². The minimum Gasteiger partial charge on any atom is -0.481 e. The lowest BCUT2D eigenvalue weighted by atomic mass is 10.1. The molecule has 0 heterocycles. The van der Waals surface area contributed by atoms with Crippen molar-refractivity contribution in [3.63, 3.8) is 0 Å². The molecule has 0 fully saturated rings. The number of methoxy groups -OCH3 is 1. The molecule has 0 spiro atoms. The van der Waals surface area contributed by atoms with E-state index in [1.54, 1.807) is 38.2 Å². The molecule has 2 unspecified atom stereocenters. The van der Waals surface area contributed by atoms with Crippen molar-refractivity contribution < 1.29 is 19.1 Å². The van der Waals surface area contributed by atoms with Gasteiger partial charge in [-0.25, -0.2) is 0 Å². The Morgan fingerprint density at radius 1 is 1.30 bits per heavy atom. The summed E-state index contributed by atoms with van der Waals surface area (Å²) >= 11 is 0. The van der Waals surface area contributed by atoms with Crippen molar-refractivity contribution in [2.75, 3.05) is 14.2 Å². The van der Waals surface area contributed by atoms with Gasteiger partial charge in [-0.3, -0.25) is 9.59 Å². The van der Waals surface area contributed by atoms with E-state index >= 15 is 0 Å². The van der Waals surface area contributed by atoms with Crippen LogP contribution in [0.1, 0.15) is 12.5 Å². The van der Waals surface area contributed by atoms with Crippen LogP contribution >= 0.6 is 0 Å². The fraction of sp³-hybridized carbons (Fsp3) is 0.429. The molecule has 0 aliphatic heterocycles. The molecule has 3 N–H and O–H groups in total. The Bertz CT molecular complexity index is 416. The highest BCUT2D eigenvalue weighted by Gasteiger charge is 2.15. The number of likely N-dealkylation sites (N-methyl/N-ethyl adjacent to an activating group) is 1. The fourth-order valence-electron chi connectivity index (χ4n) is 1.65. The van der Waals surface area contributed by atoms with Crippen molar-refractivity contribution in [2.24, 2.45) is 5.73 Å². The molecule has 0 aliphatic carbocycles. The molecule has 1 amide bonds. The summed E-state index contributed by atoms with van der Waals surface area (Å²) in [6, 6.07) is 6.39. The van der Waals surface area contributed by atoms with Gasteiger partial charge in [0.1, 0.15) is 11.8 Å². The van der Waals surface area contributed by atoms with Crippen LogP contribution in [0, 0.1) is 0 Å². The number of hydrogen-bond acceptors (Lipinski definition) is 5. The molecule has 6 heteroatoms. The van der Waals surface area contributed by atoms with E-state index in [2.05, 4.69) is 10.1 Å². The lowest BCUT2D eigenvalue weighted by Crippen LogP contribution is -2.34. The van der Waals surface area contributed by atoms with Crippen LogP contribution in [0.25, 0.3) is 0 Å². The normalized spacial score (nSPS) is 13.2. The minimum atomic E-state index is -0.684. The number of hydrogen-bond donors (Lipinski definition) is 2. The van der Waals surface area contributed by atoms with Crippen molar-refractivity contribution in [1.29, 1.82) is 0 Å². The lowest BCUT2D eigenvalue weighted by Gasteiger charge is -2.14. The van der Waals surface area contributed by atoms with Crippen LogP contribution in [0.2, 0.25) is 0 Å². The predicted octanol–water partition coefficient (Wildman–Crippen LogP) is 0.243. The molecule has 110 valence electrons. The van der Waals surface area contributed by atoms with Gasteiger partial charge in [0.05, 0.1) is 7.11 Å². The van der Waals surface area contributed by atoms with Crippen molar-refractivity contribution in [3.8, 4) is 5.75 Å². The third-order valence-corrected chi connectivity index (χ3v) is 2.81. The molecule has 0 radical (unpaired) electrons. The molecule has 0 bridgehead atoms. The second-order valence-corrected chi connectivity index (χ2v) is 4.35. The summed E-state index contributed by atoms with van der Waals surface area (Å²) in [5, 5.41) is 2.51. The molecule has 1 rings (SSSR count). The number of rotatable bonds is 6. The zero-order valence-corrected chi connectivity index (χ0v) is 11.9. The molecular formula is C14H20N2O4. The molecule has 1 aromatic carbocycles. The van der Waals surface area contributed by atoms with Crippen molar-refractivity contribution >= 4 is 11.9 Å². The van der Waals surface area contributed by atoms with Gasteiger partial charge in [-0.2, -0.15) is 0 Å². The fourth-order valence-corrected chi connectivity index (χ4v) is 1.65. The highest BCUT2D eigenvalue weighted by atomic mass is 16.5. The SMILES string of the molecule is CNC(=O)C(C)Oc1ccc(CC(N)C(=O)OC)cc1.